The highest BCUT2D eigenvalue weighted by Gasteiger charge is 2.45. The molecule has 0 atom stereocenters. The second-order valence-electron chi connectivity index (χ2n) is 35.0. The molecule has 14 aromatic rings. The molecular formula is C104H89N. The lowest BCUT2D eigenvalue weighted by atomic mass is 9.79. The number of fused-ring (bicyclic) bond motifs is 20. The number of rotatable bonds is 7. The molecule has 0 bridgehead atoms. The predicted octanol–water partition coefficient (Wildman–Crippen LogP) is 28.0. The predicted molar refractivity (Wildman–Crippen MR) is 445 cm³/mol. The van der Waals surface area contributed by atoms with Crippen LogP contribution in [0, 0.1) is 27.7 Å². The third-order valence-electron chi connectivity index (χ3n) is 27.0. The lowest BCUT2D eigenvalue weighted by Crippen LogP contribution is -2.18. The molecule has 1 nitrogen and oxygen atoms in total. The average molecular weight is 1350 g/mol. The fraction of sp³-hybridized carbons (Fsp3) is 0.212. The van der Waals surface area contributed by atoms with E-state index < -0.39 is 0 Å². The van der Waals surface area contributed by atoms with E-state index in [4.69, 9.17) is 0 Å². The topological polar surface area (TPSA) is 3.24 Å². The molecule has 0 aromatic heterocycles. The number of nitrogens with zero attached hydrogens (tertiary/aromatic N) is 1. The van der Waals surface area contributed by atoms with Gasteiger partial charge in [-0.05, 0) is 312 Å². The van der Waals surface area contributed by atoms with Gasteiger partial charge >= 0.3 is 0 Å². The Bertz CT molecular complexity index is 5990. The molecule has 0 amide bonds. The van der Waals surface area contributed by atoms with Crippen molar-refractivity contribution in [1.29, 1.82) is 0 Å². The van der Waals surface area contributed by atoms with Crippen molar-refractivity contribution in [3.63, 3.8) is 0 Å². The molecule has 0 saturated carbocycles. The number of hydrogen-bond donors (Lipinski definition) is 0. The molecule has 20 rings (SSSR count). The molecule has 0 saturated heterocycles. The van der Waals surface area contributed by atoms with Crippen LogP contribution in [0.2, 0.25) is 0 Å². The highest BCUT2D eigenvalue weighted by Crippen LogP contribution is 2.62. The molecule has 0 aliphatic heterocycles. The summed E-state index contributed by atoms with van der Waals surface area (Å²) in [5, 5.41) is 2.53. The molecule has 105 heavy (non-hydrogen) atoms. The van der Waals surface area contributed by atoms with Crippen molar-refractivity contribution in [3.05, 3.63) is 338 Å². The molecule has 510 valence electrons. The maximum Gasteiger partial charge on any atom is 0.0543 e. The van der Waals surface area contributed by atoms with E-state index in [0.717, 1.165) is 0 Å². The maximum absolute atomic E-state index is 2.65. The Kier molecular flexibility index (Phi) is 13.0. The quantitative estimate of drug-likeness (QED) is 0.154. The lowest BCUT2D eigenvalue weighted by Gasteiger charge is -2.33. The fourth-order valence-electron chi connectivity index (χ4n) is 21.0. The highest BCUT2D eigenvalue weighted by molar-refractivity contribution is 6.11. The van der Waals surface area contributed by atoms with E-state index in [1.54, 1.807) is 0 Å². The molecule has 0 spiro atoms. The molecule has 0 fully saturated rings. The van der Waals surface area contributed by atoms with Gasteiger partial charge in [-0.3, -0.25) is 0 Å². The monoisotopic (exact) mass is 1350 g/mol. The minimum atomic E-state index is -0.293. The summed E-state index contributed by atoms with van der Waals surface area (Å²) in [6.45, 7) is 38.4. The molecule has 1 heteroatoms. The largest absolute Gasteiger partial charge is 0.309 e. The van der Waals surface area contributed by atoms with E-state index in [1.807, 2.05) is 0 Å². The molecule has 0 radical (unpaired) electrons. The molecular weight excluding hydrogens is 1260 g/mol. The zero-order valence-electron chi connectivity index (χ0n) is 63.6. The van der Waals surface area contributed by atoms with E-state index in [-0.39, 0.29) is 32.5 Å². The Morgan fingerprint density at radius 3 is 0.848 bits per heavy atom. The van der Waals surface area contributed by atoms with Crippen LogP contribution in [0.5, 0.6) is 0 Å². The molecule has 0 unspecified atom stereocenters. The first-order valence-electron chi connectivity index (χ1n) is 38.2. The summed E-state index contributed by atoms with van der Waals surface area (Å²) in [6, 6.07) is 97.5. The fourth-order valence-corrected chi connectivity index (χ4v) is 21.0. The van der Waals surface area contributed by atoms with E-state index in [0.29, 0.717) is 0 Å². The summed E-state index contributed by atoms with van der Waals surface area (Å²) in [5.41, 5.74) is 50.7. The number of anilines is 3. The maximum atomic E-state index is 2.65. The Morgan fingerprint density at radius 1 is 0.181 bits per heavy atom. The molecule has 0 N–H and O–H groups in total. The van der Waals surface area contributed by atoms with Crippen molar-refractivity contribution in [2.24, 2.45) is 0 Å². The van der Waals surface area contributed by atoms with Crippen molar-refractivity contribution >= 4 is 27.8 Å². The van der Waals surface area contributed by atoms with Gasteiger partial charge in [-0.1, -0.05) is 253 Å². The average Bonchev–Trinajstić information content (AvgIpc) is 1.54. The SMILES string of the molecule is Cc1cc(N(c2cc(C)c(-c3ccc4c(c3)C(C)(C)c3cc(-c5ccc6c(c5)C(C)(C)c5ccccc5-6)ccc3-4)cc2C)c2cc3c(c4ccccc24)-c2cc4c(cc2C3(C)C)-c2ccccc2C4(C)C)c(C)cc1-c1ccc2c(c1)C(C)(C)c1cc(-c3ccc4c(c3)C(C)(C)c3ccccc3-4)ccc1-2. The van der Waals surface area contributed by atoms with Gasteiger partial charge in [0.15, 0.2) is 0 Å². The van der Waals surface area contributed by atoms with Gasteiger partial charge < -0.3 is 4.90 Å². The summed E-state index contributed by atoms with van der Waals surface area (Å²) < 4.78 is 0. The summed E-state index contributed by atoms with van der Waals surface area (Å²) in [4.78, 5) is 2.65. The zero-order chi connectivity index (χ0) is 72.2. The minimum absolute atomic E-state index is 0.0600. The van der Waals surface area contributed by atoms with Crippen molar-refractivity contribution in [3.8, 4) is 111 Å². The Balaban J connectivity index is 0.693. The van der Waals surface area contributed by atoms with Crippen LogP contribution in [0.3, 0.4) is 0 Å². The second-order valence-corrected chi connectivity index (χ2v) is 35.0. The lowest BCUT2D eigenvalue weighted by molar-refractivity contribution is 0.652. The van der Waals surface area contributed by atoms with E-state index in [9.17, 15) is 0 Å². The third kappa shape index (κ3) is 8.65. The first kappa shape index (κ1) is 63.8. The van der Waals surface area contributed by atoms with Crippen LogP contribution in [-0.4, -0.2) is 0 Å². The van der Waals surface area contributed by atoms with Crippen LogP contribution in [0.25, 0.3) is 122 Å². The van der Waals surface area contributed by atoms with Crippen LogP contribution >= 0.6 is 0 Å². The number of hydrogen-bond acceptors (Lipinski definition) is 1. The van der Waals surface area contributed by atoms with Crippen LogP contribution in [0.4, 0.5) is 17.1 Å². The second kappa shape index (κ2) is 21.4. The third-order valence-corrected chi connectivity index (χ3v) is 27.0. The standard InChI is InChI=1S/C104H89N/c1-58-47-95(60(3)45-79(58)66-37-43-75-73-41-35-64(51-88(73)102(11,12)90(75)53-66)62-33-39-71-68-25-19-22-30-83(68)99(5,6)86(71)49-62)105(97-57-94-98(78-29-18-17-28-77(78)97)82-56-92-81(55-93(82)104(94,15)16)70-27-21-24-32-85(70)101(92,9)10)96-48-59(2)80(46-61(96)4)67-38-44-76-74-42-36-65(52-89(74)103(13,14)91(76)54-67)63-34-40-72-69-26-20-23-31-84(69)100(7,8)87(72)50-63/h17-57H,1-16H3. The highest BCUT2D eigenvalue weighted by atomic mass is 15.1. The molecule has 14 aromatic carbocycles. The van der Waals surface area contributed by atoms with Gasteiger partial charge in [0.1, 0.15) is 0 Å². The molecule has 0 heterocycles. The van der Waals surface area contributed by atoms with E-state index in [1.165, 1.54) is 228 Å². The van der Waals surface area contributed by atoms with Crippen LogP contribution in [0.1, 0.15) is 172 Å². The van der Waals surface area contributed by atoms with Crippen LogP contribution in [-0.2, 0) is 32.5 Å². The van der Waals surface area contributed by atoms with Gasteiger partial charge in [0, 0.05) is 49.3 Å². The van der Waals surface area contributed by atoms with Crippen molar-refractivity contribution in [2.75, 3.05) is 4.90 Å². The van der Waals surface area contributed by atoms with Crippen LogP contribution < -0.4 is 4.90 Å². The summed E-state index contributed by atoms with van der Waals surface area (Å²) in [6.07, 6.45) is 0. The summed E-state index contributed by atoms with van der Waals surface area (Å²) >= 11 is 0. The van der Waals surface area contributed by atoms with Gasteiger partial charge in [-0.25, -0.2) is 0 Å². The Labute approximate surface area is 621 Å². The van der Waals surface area contributed by atoms with Crippen LogP contribution in [0.15, 0.2) is 249 Å². The van der Waals surface area contributed by atoms with E-state index >= 15 is 0 Å². The number of benzene rings is 14. The smallest absolute Gasteiger partial charge is 0.0543 e. The van der Waals surface area contributed by atoms with Gasteiger partial charge in [0.2, 0.25) is 0 Å². The number of aryl methyl sites for hydroxylation is 4. The van der Waals surface area contributed by atoms with Crippen molar-refractivity contribution < 1.29 is 0 Å². The van der Waals surface area contributed by atoms with Gasteiger partial charge in [-0.15, -0.1) is 0 Å². The summed E-state index contributed by atoms with van der Waals surface area (Å²) in [7, 11) is 0. The van der Waals surface area contributed by atoms with Gasteiger partial charge in [0.05, 0.1) is 5.69 Å². The van der Waals surface area contributed by atoms with Gasteiger partial charge in [-0.2, -0.15) is 0 Å². The first-order valence-corrected chi connectivity index (χ1v) is 38.2. The van der Waals surface area contributed by atoms with Crippen molar-refractivity contribution in [1.82, 2.24) is 0 Å². The normalized spacial score (nSPS) is 16.3. The molecule has 6 aliphatic rings. The Hall–Kier alpha value is -10.9. The van der Waals surface area contributed by atoms with Gasteiger partial charge in [0.25, 0.3) is 0 Å². The first-order chi connectivity index (χ1) is 50.2. The molecule has 6 aliphatic carbocycles. The van der Waals surface area contributed by atoms with Crippen molar-refractivity contribution in [2.45, 2.75) is 143 Å². The Morgan fingerprint density at radius 2 is 0.457 bits per heavy atom. The zero-order valence-corrected chi connectivity index (χ0v) is 63.6. The summed E-state index contributed by atoms with van der Waals surface area (Å²) in [5.74, 6) is 0. The minimum Gasteiger partial charge on any atom is -0.309 e. The van der Waals surface area contributed by atoms with E-state index in [2.05, 4.69) is 364 Å².